The molecular weight excluding hydrogens is 368 g/mol. The van der Waals surface area contributed by atoms with Gasteiger partial charge >= 0.3 is 6.09 Å². The lowest BCUT2D eigenvalue weighted by Gasteiger charge is -2.12. The molecule has 1 aliphatic heterocycles. The first kappa shape index (κ1) is 19.0. The molecule has 1 fully saturated rings. The van der Waals surface area contributed by atoms with E-state index in [1.807, 2.05) is 59.1 Å². The molecule has 4 rings (SSSR count). The molecule has 1 aromatic carbocycles. The minimum Gasteiger partial charge on any atom is -0.442 e. The Hall–Kier alpha value is -3.35. The predicted octanol–water partition coefficient (Wildman–Crippen LogP) is 3.29. The van der Waals surface area contributed by atoms with Crippen LogP contribution >= 0.6 is 0 Å². The highest BCUT2D eigenvalue weighted by molar-refractivity contribution is 5.99. The van der Waals surface area contributed by atoms with E-state index in [2.05, 4.69) is 24.1 Å². The summed E-state index contributed by atoms with van der Waals surface area (Å²) in [6.07, 6.45) is 1.90. The van der Waals surface area contributed by atoms with Crippen LogP contribution in [0.3, 0.4) is 0 Å². The van der Waals surface area contributed by atoms with Gasteiger partial charge in [-0.15, -0.1) is 0 Å². The van der Waals surface area contributed by atoms with Gasteiger partial charge in [0, 0.05) is 18.3 Å². The summed E-state index contributed by atoms with van der Waals surface area (Å²) in [5.41, 5.74) is 1.95. The van der Waals surface area contributed by atoms with E-state index in [0.717, 1.165) is 23.4 Å². The number of hydrogen-bond acceptors (Lipinski definition) is 4. The van der Waals surface area contributed by atoms with Crippen LogP contribution in [0.1, 0.15) is 30.2 Å². The van der Waals surface area contributed by atoms with Crippen LogP contribution in [0.2, 0.25) is 0 Å². The van der Waals surface area contributed by atoms with E-state index >= 15 is 0 Å². The van der Waals surface area contributed by atoms with E-state index in [1.54, 1.807) is 4.90 Å². The highest BCUT2D eigenvalue weighted by Gasteiger charge is 2.32. The summed E-state index contributed by atoms with van der Waals surface area (Å²) in [6, 6.07) is 15.1. The number of ether oxygens (including phenoxy) is 1. The van der Waals surface area contributed by atoms with Gasteiger partial charge in [-0.25, -0.2) is 9.78 Å². The Morgan fingerprint density at radius 1 is 1.21 bits per heavy atom. The average molecular weight is 392 g/mol. The Balaban J connectivity index is 1.45. The van der Waals surface area contributed by atoms with Gasteiger partial charge in [-0.1, -0.05) is 38.1 Å². The minimum absolute atomic E-state index is 0.235. The van der Waals surface area contributed by atoms with Crippen molar-refractivity contribution in [3.8, 4) is 0 Å². The molecule has 7 nitrogen and oxygen atoms in total. The minimum atomic E-state index is -0.407. The Kier molecular flexibility index (Phi) is 5.20. The van der Waals surface area contributed by atoms with Crippen molar-refractivity contribution in [2.75, 3.05) is 18.0 Å². The third kappa shape index (κ3) is 3.94. The third-order valence-corrected chi connectivity index (χ3v) is 4.86. The number of fused-ring (bicyclic) bond motifs is 1. The van der Waals surface area contributed by atoms with Crippen molar-refractivity contribution in [3.63, 3.8) is 0 Å². The van der Waals surface area contributed by atoms with Crippen molar-refractivity contribution in [3.05, 3.63) is 66.2 Å². The summed E-state index contributed by atoms with van der Waals surface area (Å²) in [5.74, 6) is 1.03. The lowest BCUT2D eigenvalue weighted by molar-refractivity contribution is 0.0913. The Labute approximate surface area is 169 Å². The fourth-order valence-electron chi connectivity index (χ4n) is 3.51. The Morgan fingerprint density at radius 2 is 1.97 bits per heavy atom. The highest BCUT2D eigenvalue weighted by atomic mass is 16.6. The molecule has 3 aromatic rings. The van der Waals surface area contributed by atoms with Gasteiger partial charge in [0.2, 0.25) is 0 Å². The first-order valence-corrected chi connectivity index (χ1v) is 9.80. The second-order valence-electron chi connectivity index (χ2n) is 7.59. The molecule has 1 atom stereocenters. The monoisotopic (exact) mass is 392 g/mol. The number of pyridine rings is 1. The van der Waals surface area contributed by atoms with E-state index in [9.17, 15) is 9.59 Å². The van der Waals surface area contributed by atoms with Gasteiger partial charge < -0.3 is 14.5 Å². The van der Waals surface area contributed by atoms with Gasteiger partial charge in [0.15, 0.2) is 5.69 Å². The zero-order valence-corrected chi connectivity index (χ0v) is 16.5. The molecular formula is C22H24N4O3. The zero-order valence-electron chi connectivity index (χ0n) is 16.5. The topological polar surface area (TPSA) is 75.9 Å². The number of para-hydroxylation sites is 1. The van der Waals surface area contributed by atoms with Crippen LogP contribution in [-0.4, -0.2) is 40.6 Å². The molecule has 1 unspecified atom stereocenters. The predicted molar refractivity (Wildman–Crippen MR) is 110 cm³/mol. The Bertz CT molecular complexity index is 1030. The summed E-state index contributed by atoms with van der Waals surface area (Å²) in [7, 11) is 0. The van der Waals surface area contributed by atoms with Crippen LogP contribution in [0, 0.1) is 5.92 Å². The van der Waals surface area contributed by atoms with E-state index in [-0.39, 0.29) is 12.5 Å². The van der Waals surface area contributed by atoms with E-state index in [1.165, 1.54) is 0 Å². The molecule has 0 radical (unpaired) electrons. The molecule has 1 N–H and O–H groups in total. The maximum absolute atomic E-state index is 12.8. The molecule has 1 aliphatic rings. The van der Waals surface area contributed by atoms with Gasteiger partial charge in [0.25, 0.3) is 5.91 Å². The molecule has 2 amide bonds. The number of carbonyl (C=O) groups is 2. The average Bonchev–Trinajstić information content (AvgIpc) is 3.27. The number of amides is 2. The van der Waals surface area contributed by atoms with Crippen molar-refractivity contribution in [2.45, 2.75) is 26.4 Å². The summed E-state index contributed by atoms with van der Waals surface area (Å²) in [5, 5.41) is 2.87. The number of benzene rings is 1. The lowest BCUT2D eigenvalue weighted by atomic mass is 10.1. The number of aromatic nitrogens is 2. The van der Waals surface area contributed by atoms with Crippen molar-refractivity contribution >= 4 is 23.2 Å². The van der Waals surface area contributed by atoms with Crippen LogP contribution in [0.15, 0.2) is 54.7 Å². The van der Waals surface area contributed by atoms with E-state index in [4.69, 9.17) is 4.74 Å². The maximum atomic E-state index is 12.8. The van der Waals surface area contributed by atoms with Crippen molar-refractivity contribution < 1.29 is 14.3 Å². The van der Waals surface area contributed by atoms with E-state index < -0.39 is 12.2 Å². The second kappa shape index (κ2) is 7.95. The third-order valence-electron chi connectivity index (χ3n) is 4.86. The van der Waals surface area contributed by atoms with Gasteiger partial charge in [-0.05, 0) is 30.2 Å². The lowest BCUT2D eigenvalue weighted by Crippen LogP contribution is -2.34. The van der Waals surface area contributed by atoms with Gasteiger partial charge in [0.05, 0.1) is 18.6 Å². The summed E-state index contributed by atoms with van der Waals surface area (Å²) in [6.45, 7) is 4.87. The van der Waals surface area contributed by atoms with Crippen molar-refractivity contribution in [1.82, 2.24) is 14.7 Å². The fourth-order valence-corrected chi connectivity index (χ4v) is 3.51. The number of nitrogens with zero attached hydrogens (tertiary/aromatic N) is 3. The van der Waals surface area contributed by atoms with Crippen LogP contribution in [0.25, 0.3) is 5.52 Å². The molecule has 7 heteroatoms. The molecule has 0 aliphatic carbocycles. The van der Waals surface area contributed by atoms with Gasteiger partial charge in [-0.3, -0.25) is 9.69 Å². The number of anilines is 1. The normalized spacial score (nSPS) is 16.4. The Morgan fingerprint density at radius 3 is 2.72 bits per heavy atom. The number of carbonyl (C=O) groups excluding carboxylic acids is 2. The highest BCUT2D eigenvalue weighted by Crippen LogP contribution is 2.21. The van der Waals surface area contributed by atoms with Gasteiger partial charge in [0.1, 0.15) is 11.9 Å². The van der Waals surface area contributed by atoms with Crippen LogP contribution in [0.4, 0.5) is 10.5 Å². The molecule has 1 saturated heterocycles. The summed E-state index contributed by atoms with van der Waals surface area (Å²) >= 11 is 0. The molecule has 2 aromatic heterocycles. The number of cyclic esters (lactones) is 1. The number of nitrogens with one attached hydrogen (secondary N) is 1. The second-order valence-corrected chi connectivity index (χ2v) is 7.59. The first-order chi connectivity index (χ1) is 14.0. The number of rotatable bonds is 6. The van der Waals surface area contributed by atoms with Crippen LogP contribution in [0.5, 0.6) is 0 Å². The molecule has 0 bridgehead atoms. The maximum Gasteiger partial charge on any atom is 0.414 e. The smallest absolute Gasteiger partial charge is 0.414 e. The first-order valence-electron chi connectivity index (χ1n) is 9.80. The van der Waals surface area contributed by atoms with Gasteiger partial charge in [-0.2, -0.15) is 0 Å². The molecule has 0 saturated carbocycles. The molecule has 29 heavy (non-hydrogen) atoms. The molecule has 150 valence electrons. The summed E-state index contributed by atoms with van der Waals surface area (Å²) in [4.78, 5) is 31.1. The quantitative estimate of drug-likeness (QED) is 0.698. The van der Waals surface area contributed by atoms with Crippen LogP contribution < -0.4 is 10.2 Å². The number of imidazole rings is 1. The molecule has 3 heterocycles. The number of hydrogen-bond donors (Lipinski definition) is 1. The summed E-state index contributed by atoms with van der Waals surface area (Å²) < 4.78 is 7.37. The molecule has 0 spiro atoms. The van der Waals surface area contributed by atoms with Crippen LogP contribution in [-0.2, 0) is 11.2 Å². The van der Waals surface area contributed by atoms with Crippen molar-refractivity contribution in [1.29, 1.82) is 0 Å². The SMILES string of the molecule is CC(C)Cc1nc(C(=O)NCC2CN(c3ccccc3)C(=O)O2)c2ccccn12. The zero-order chi connectivity index (χ0) is 20.4. The largest absolute Gasteiger partial charge is 0.442 e. The fraction of sp³-hybridized carbons (Fsp3) is 0.318. The van der Waals surface area contributed by atoms with Crippen molar-refractivity contribution in [2.24, 2.45) is 5.92 Å². The van der Waals surface area contributed by atoms with E-state index in [0.29, 0.717) is 18.2 Å². The standard InChI is InChI=1S/C22H24N4O3/c1-15(2)12-19-24-20(18-10-6-7-11-25(18)19)21(27)23-13-17-14-26(22(28)29-17)16-8-4-3-5-9-16/h3-11,15,17H,12-14H2,1-2H3,(H,23,27).